The normalized spacial score (nSPS) is 22.7. The van der Waals surface area contributed by atoms with Crippen LogP contribution in [0.5, 0.6) is 0 Å². The van der Waals surface area contributed by atoms with Crippen molar-refractivity contribution >= 4 is 38.7 Å². The van der Waals surface area contributed by atoms with Gasteiger partial charge in [0.15, 0.2) is 5.82 Å². The Bertz CT molecular complexity index is 1590. The summed E-state index contributed by atoms with van der Waals surface area (Å²) in [5.74, 6) is 1.89. The van der Waals surface area contributed by atoms with Crippen molar-refractivity contribution in [2.75, 3.05) is 18.4 Å². The van der Waals surface area contributed by atoms with Crippen LogP contribution in [0.2, 0.25) is 0 Å². The van der Waals surface area contributed by atoms with E-state index in [1.807, 2.05) is 37.5 Å². The minimum atomic E-state index is -0.886. The van der Waals surface area contributed by atoms with E-state index in [2.05, 4.69) is 37.7 Å². The molecule has 0 bridgehead atoms. The Labute approximate surface area is 202 Å². The summed E-state index contributed by atoms with van der Waals surface area (Å²) < 4.78 is 0. The summed E-state index contributed by atoms with van der Waals surface area (Å²) >= 11 is 0. The third kappa shape index (κ3) is 3.44. The summed E-state index contributed by atoms with van der Waals surface area (Å²) in [6.07, 6.45) is 8.70. The Balaban J connectivity index is 1.46. The third-order valence-electron chi connectivity index (χ3n) is 7.45. The van der Waals surface area contributed by atoms with E-state index in [0.717, 1.165) is 70.0 Å². The maximum absolute atomic E-state index is 11.1. The van der Waals surface area contributed by atoms with Gasteiger partial charge in [-0.1, -0.05) is 18.2 Å². The molecule has 8 nitrogen and oxygen atoms in total. The number of hydrogen-bond acceptors (Lipinski definition) is 7. The van der Waals surface area contributed by atoms with Gasteiger partial charge in [-0.3, -0.25) is 4.98 Å². The first kappa shape index (κ1) is 20.7. The molecule has 4 aromatic heterocycles. The van der Waals surface area contributed by atoms with Gasteiger partial charge in [0.1, 0.15) is 11.5 Å². The highest BCUT2D eigenvalue weighted by molar-refractivity contribution is 6.12. The zero-order chi connectivity index (χ0) is 23.6. The molecule has 7 rings (SSSR count). The fourth-order valence-corrected chi connectivity index (χ4v) is 5.41. The molecule has 0 amide bonds. The number of fused-ring (bicyclic) bond motifs is 4. The van der Waals surface area contributed by atoms with E-state index in [9.17, 15) is 5.11 Å². The van der Waals surface area contributed by atoms with Gasteiger partial charge in [0, 0.05) is 46.2 Å². The second kappa shape index (κ2) is 7.69. The van der Waals surface area contributed by atoms with Gasteiger partial charge in [-0.15, -0.1) is 0 Å². The second-order valence-corrected chi connectivity index (χ2v) is 10.1. The van der Waals surface area contributed by atoms with E-state index in [0.29, 0.717) is 18.3 Å². The summed E-state index contributed by atoms with van der Waals surface area (Å²) in [5.41, 5.74) is 3.89. The molecule has 4 N–H and O–H groups in total. The van der Waals surface area contributed by atoms with Crippen molar-refractivity contribution in [2.45, 2.75) is 43.7 Å². The Kier molecular flexibility index (Phi) is 4.56. The lowest BCUT2D eigenvalue weighted by Gasteiger charge is -2.38. The van der Waals surface area contributed by atoms with Gasteiger partial charge >= 0.3 is 0 Å². The molecular formula is C27H27N7O. The average molecular weight is 466 g/mol. The molecule has 1 saturated carbocycles. The van der Waals surface area contributed by atoms with Crippen LogP contribution in [0.3, 0.4) is 0 Å². The van der Waals surface area contributed by atoms with Gasteiger partial charge in [0.2, 0.25) is 0 Å². The van der Waals surface area contributed by atoms with Crippen molar-refractivity contribution in [2.24, 2.45) is 0 Å². The topological polar surface area (TPSA) is 112 Å². The van der Waals surface area contributed by atoms with Crippen LogP contribution in [-0.4, -0.2) is 54.8 Å². The molecule has 2 atom stereocenters. The lowest BCUT2D eigenvalue weighted by atomic mass is 9.90. The summed E-state index contributed by atoms with van der Waals surface area (Å²) in [4.78, 5) is 22.6. The van der Waals surface area contributed by atoms with Crippen LogP contribution in [0.1, 0.15) is 37.7 Å². The highest BCUT2D eigenvalue weighted by atomic mass is 16.3. The van der Waals surface area contributed by atoms with Crippen LogP contribution in [-0.2, 0) is 0 Å². The molecule has 2 aliphatic rings. The first-order chi connectivity index (χ1) is 17.1. The lowest BCUT2D eigenvalue weighted by Crippen LogP contribution is -2.56. The molecule has 1 aliphatic heterocycles. The molecule has 1 saturated heterocycles. The lowest BCUT2D eigenvalue weighted by molar-refractivity contribution is 0.0229. The molecule has 5 heterocycles. The predicted molar refractivity (Wildman–Crippen MR) is 137 cm³/mol. The molecule has 0 radical (unpaired) electrons. The molecule has 8 heteroatoms. The standard InChI is InChI=1S/C27H27N7O/c1-27(35)14-28-10-9-21(27)33-26-23-18(15-6-7-15)12-29-13-20(23)32-24(34-26)17-8-11-30-25-22(17)16-4-2-3-5-19(16)31-25/h2-5,8,11-13,15,21,28,35H,6-7,9-10,14H2,1H3,(H,30,31)(H,32,33,34)/t21?,27-/m1/s1. The quantitative estimate of drug-likeness (QED) is 0.316. The molecule has 5 aromatic rings. The van der Waals surface area contributed by atoms with Crippen LogP contribution < -0.4 is 10.6 Å². The number of H-pyrrole nitrogens is 1. The molecule has 0 spiro atoms. The number of aromatic amines is 1. The maximum atomic E-state index is 11.1. The molecule has 2 fully saturated rings. The van der Waals surface area contributed by atoms with E-state index in [1.165, 1.54) is 5.56 Å². The molecule has 1 aromatic carbocycles. The zero-order valence-corrected chi connectivity index (χ0v) is 19.5. The highest BCUT2D eigenvalue weighted by Gasteiger charge is 2.36. The fourth-order valence-electron chi connectivity index (χ4n) is 5.41. The van der Waals surface area contributed by atoms with E-state index >= 15 is 0 Å². The SMILES string of the molecule is C[C@@]1(O)CNCCC1Nc1nc(-c2ccnc3[nH]c4ccccc4c23)nc2cncc(C3CC3)c12. The Morgan fingerprint density at radius 3 is 2.80 bits per heavy atom. The number of benzene rings is 1. The number of rotatable bonds is 4. The monoisotopic (exact) mass is 465 g/mol. The second-order valence-electron chi connectivity index (χ2n) is 10.1. The fraction of sp³-hybridized carbons (Fsp3) is 0.333. The summed E-state index contributed by atoms with van der Waals surface area (Å²) in [6.45, 7) is 3.27. The van der Waals surface area contributed by atoms with E-state index in [1.54, 1.807) is 6.20 Å². The predicted octanol–water partition coefficient (Wildman–Crippen LogP) is 4.12. The minimum Gasteiger partial charge on any atom is -0.387 e. The number of anilines is 1. The Hall–Kier alpha value is -3.62. The number of nitrogens with one attached hydrogen (secondary N) is 3. The van der Waals surface area contributed by atoms with Gasteiger partial charge < -0.3 is 20.7 Å². The number of piperidine rings is 1. The first-order valence-corrected chi connectivity index (χ1v) is 12.3. The average Bonchev–Trinajstić information content (AvgIpc) is 3.64. The van der Waals surface area contributed by atoms with Crippen molar-refractivity contribution in [3.05, 3.63) is 54.5 Å². The number of pyridine rings is 2. The number of β-amino-alcohol motifs (C(OH)–C–C–N with tert-alkyl or cyclic N) is 1. The van der Waals surface area contributed by atoms with E-state index in [-0.39, 0.29) is 6.04 Å². The molecule has 35 heavy (non-hydrogen) atoms. The maximum Gasteiger partial charge on any atom is 0.163 e. The van der Waals surface area contributed by atoms with Crippen LogP contribution in [0.4, 0.5) is 5.82 Å². The van der Waals surface area contributed by atoms with Gasteiger partial charge in [0.05, 0.1) is 23.4 Å². The van der Waals surface area contributed by atoms with Crippen LogP contribution in [0.15, 0.2) is 48.9 Å². The number of aromatic nitrogens is 5. The van der Waals surface area contributed by atoms with Crippen molar-refractivity contribution in [1.29, 1.82) is 0 Å². The smallest absolute Gasteiger partial charge is 0.163 e. The van der Waals surface area contributed by atoms with E-state index in [4.69, 9.17) is 9.97 Å². The van der Waals surface area contributed by atoms with Gasteiger partial charge in [-0.25, -0.2) is 15.0 Å². The van der Waals surface area contributed by atoms with Gasteiger partial charge in [-0.05, 0) is 56.3 Å². The van der Waals surface area contributed by atoms with Crippen molar-refractivity contribution in [3.8, 4) is 11.4 Å². The molecular weight excluding hydrogens is 438 g/mol. The van der Waals surface area contributed by atoms with Gasteiger partial charge in [-0.2, -0.15) is 0 Å². The van der Waals surface area contributed by atoms with E-state index < -0.39 is 5.60 Å². The van der Waals surface area contributed by atoms with Crippen LogP contribution in [0.25, 0.3) is 44.2 Å². The summed E-state index contributed by atoms with van der Waals surface area (Å²) in [6, 6.07) is 10.1. The van der Waals surface area contributed by atoms with Gasteiger partial charge in [0.25, 0.3) is 0 Å². The largest absolute Gasteiger partial charge is 0.387 e. The number of hydrogen-bond donors (Lipinski definition) is 4. The van der Waals surface area contributed by atoms with Crippen LogP contribution in [0, 0.1) is 0 Å². The molecule has 1 unspecified atom stereocenters. The highest BCUT2D eigenvalue weighted by Crippen LogP contribution is 2.45. The number of para-hydroxylation sites is 1. The van der Waals surface area contributed by atoms with Crippen LogP contribution >= 0.6 is 0 Å². The third-order valence-corrected chi connectivity index (χ3v) is 7.45. The summed E-state index contributed by atoms with van der Waals surface area (Å²) in [5, 5.41) is 21.1. The zero-order valence-electron chi connectivity index (χ0n) is 19.5. The minimum absolute atomic E-state index is 0.125. The molecule has 176 valence electrons. The Morgan fingerprint density at radius 2 is 1.94 bits per heavy atom. The number of nitrogens with zero attached hydrogens (tertiary/aromatic N) is 4. The summed E-state index contributed by atoms with van der Waals surface area (Å²) in [7, 11) is 0. The van der Waals surface area contributed by atoms with Crippen molar-refractivity contribution in [3.63, 3.8) is 0 Å². The Morgan fingerprint density at radius 1 is 1.06 bits per heavy atom. The van der Waals surface area contributed by atoms with Crippen molar-refractivity contribution in [1.82, 2.24) is 30.2 Å². The number of aliphatic hydroxyl groups is 1. The first-order valence-electron chi connectivity index (χ1n) is 12.3. The molecule has 1 aliphatic carbocycles. The van der Waals surface area contributed by atoms with Crippen molar-refractivity contribution < 1.29 is 5.11 Å².